The Balaban J connectivity index is 1.85. The number of aromatic nitrogens is 5. The second-order valence-corrected chi connectivity index (χ2v) is 8.81. The molecular formula is C23H22ClFN6O3. The molecule has 5 rings (SSSR count). The zero-order chi connectivity index (χ0) is 24.4. The molecule has 0 saturated carbocycles. The highest BCUT2D eigenvalue weighted by atomic mass is 35.5. The molecule has 1 aliphatic rings. The molecule has 0 unspecified atom stereocenters. The summed E-state index contributed by atoms with van der Waals surface area (Å²) in [5.74, 6) is -2.38. The van der Waals surface area contributed by atoms with Crippen LogP contribution in [-0.2, 0) is 19.4 Å². The number of nitrogens with zero attached hydrogens (tertiary/aromatic N) is 5. The molecule has 4 heterocycles. The Labute approximate surface area is 199 Å². The summed E-state index contributed by atoms with van der Waals surface area (Å²) in [7, 11) is 1.78. The molecule has 0 aliphatic carbocycles. The second-order valence-electron chi connectivity index (χ2n) is 8.45. The molecule has 1 aromatic carbocycles. The quantitative estimate of drug-likeness (QED) is 0.354. The number of nitrogens with two attached hydrogens (primary N) is 1. The molecule has 3 aromatic heterocycles. The van der Waals surface area contributed by atoms with Crippen LogP contribution in [0, 0.1) is 5.82 Å². The molecular weight excluding hydrogens is 463 g/mol. The van der Waals surface area contributed by atoms with Crippen LogP contribution >= 0.6 is 11.6 Å². The number of halogens is 2. The molecule has 2 bridgehead atoms. The number of nitrogen functional groups attached to an aromatic ring is 1. The lowest BCUT2D eigenvalue weighted by Gasteiger charge is -2.22. The summed E-state index contributed by atoms with van der Waals surface area (Å²) in [5.41, 5.74) is 10.1. The number of aliphatic hydroxyl groups is 2. The third-order valence-electron chi connectivity index (χ3n) is 5.77. The number of aryl methyl sites for hydroxylation is 1. The lowest BCUT2D eigenvalue weighted by Crippen LogP contribution is -2.31. The first-order valence-corrected chi connectivity index (χ1v) is 10.9. The van der Waals surface area contributed by atoms with Gasteiger partial charge in [-0.2, -0.15) is 10.2 Å². The van der Waals surface area contributed by atoms with Gasteiger partial charge in [0.25, 0.3) is 5.91 Å². The smallest absolute Gasteiger partial charge is 0.263 e. The normalized spacial score (nSPS) is 15.4. The summed E-state index contributed by atoms with van der Waals surface area (Å²) in [6.07, 6.45) is 2.98. The highest BCUT2D eigenvalue weighted by Crippen LogP contribution is 2.40. The van der Waals surface area contributed by atoms with Crippen molar-refractivity contribution in [3.63, 3.8) is 0 Å². The van der Waals surface area contributed by atoms with Crippen molar-refractivity contribution >= 4 is 17.4 Å². The van der Waals surface area contributed by atoms with Crippen LogP contribution in [0.15, 0.2) is 36.7 Å². The van der Waals surface area contributed by atoms with Gasteiger partial charge in [-0.3, -0.25) is 4.68 Å². The van der Waals surface area contributed by atoms with E-state index in [1.54, 1.807) is 30.8 Å². The van der Waals surface area contributed by atoms with Crippen molar-refractivity contribution in [1.82, 2.24) is 24.5 Å². The average molecular weight is 485 g/mol. The van der Waals surface area contributed by atoms with Crippen molar-refractivity contribution in [3.05, 3.63) is 64.3 Å². The van der Waals surface area contributed by atoms with E-state index in [2.05, 4.69) is 15.2 Å². The van der Waals surface area contributed by atoms with Gasteiger partial charge in [0.1, 0.15) is 11.9 Å². The van der Waals surface area contributed by atoms with Crippen LogP contribution in [0.5, 0.6) is 5.75 Å². The number of hydrogen-bond acceptors (Lipinski definition) is 7. The summed E-state index contributed by atoms with van der Waals surface area (Å²) in [6, 6.07) is 6.07. The molecule has 11 heteroatoms. The molecule has 9 nitrogen and oxygen atoms in total. The number of pyridine rings is 1. The molecule has 0 saturated heterocycles. The van der Waals surface area contributed by atoms with E-state index >= 15 is 0 Å². The van der Waals surface area contributed by atoms with Crippen molar-refractivity contribution in [2.24, 2.45) is 7.05 Å². The van der Waals surface area contributed by atoms with E-state index in [1.807, 2.05) is 6.20 Å². The SMILES string of the molecule is C[C@H]1Oc2cc(cnc2N)-c2c(c(Cl)nn2C(C)(O)O)Cc2cn(C)nc2-c2ccc(F)cc21. The predicted molar refractivity (Wildman–Crippen MR) is 123 cm³/mol. The van der Waals surface area contributed by atoms with Gasteiger partial charge < -0.3 is 20.7 Å². The third-order valence-corrected chi connectivity index (χ3v) is 6.08. The van der Waals surface area contributed by atoms with E-state index in [-0.39, 0.29) is 23.1 Å². The topological polar surface area (TPSA) is 124 Å². The first-order valence-electron chi connectivity index (χ1n) is 10.5. The van der Waals surface area contributed by atoms with Crippen LogP contribution in [-0.4, -0.2) is 34.8 Å². The molecule has 4 N–H and O–H groups in total. The van der Waals surface area contributed by atoms with Gasteiger partial charge in [-0.1, -0.05) is 11.6 Å². The Morgan fingerprint density at radius 3 is 2.76 bits per heavy atom. The maximum Gasteiger partial charge on any atom is 0.263 e. The van der Waals surface area contributed by atoms with Gasteiger partial charge in [0.05, 0.1) is 11.4 Å². The van der Waals surface area contributed by atoms with Crippen LogP contribution in [0.25, 0.3) is 22.5 Å². The Kier molecular flexibility index (Phi) is 5.12. The van der Waals surface area contributed by atoms with Crippen LogP contribution in [0.3, 0.4) is 0 Å². The van der Waals surface area contributed by atoms with Gasteiger partial charge in [-0.15, -0.1) is 0 Å². The van der Waals surface area contributed by atoms with Gasteiger partial charge in [0.15, 0.2) is 16.7 Å². The lowest BCUT2D eigenvalue weighted by atomic mass is 9.94. The molecule has 1 aliphatic heterocycles. The van der Waals surface area contributed by atoms with E-state index in [4.69, 9.17) is 22.1 Å². The number of rotatable bonds is 1. The van der Waals surface area contributed by atoms with E-state index in [9.17, 15) is 14.6 Å². The van der Waals surface area contributed by atoms with Crippen LogP contribution in [0.1, 0.15) is 36.6 Å². The number of fused-ring (bicyclic) bond motifs is 7. The largest absolute Gasteiger partial charge is 0.482 e. The first-order chi connectivity index (χ1) is 16.0. The van der Waals surface area contributed by atoms with E-state index in [0.29, 0.717) is 33.6 Å². The number of ether oxygens (including phenoxy) is 1. The highest BCUT2D eigenvalue weighted by Gasteiger charge is 2.31. The Morgan fingerprint density at radius 2 is 2.03 bits per heavy atom. The summed E-state index contributed by atoms with van der Waals surface area (Å²) < 4.78 is 23.1. The van der Waals surface area contributed by atoms with Crippen molar-refractivity contribution < 1.29 is 19.3 Å². The standard InChI is InChI=1S/C23H22ClFN6O3/c1-11-16-8-14(25)4-5-15(16)19-13(10-30(3)28-19)6-17-20(31(23(2,32)33)29-21(17)24)12-7-18(34-11)22(26)27-9-12/h4-5,7-11,32-33H,6H2,1-3H3,(H2,26,27)/t11-/m1/s1. The zero-order valence-electron chi connectivity index (χ0n) is 18.6. The molecule has 0 spiro atoms. The fraction of sp³-hybridized carbons (Fsp3) is 0.261. The fourth-order valence-corrected chi connectivity index (χ4v) is 4.52. The maximum absolute atomic E-state index is 14.3. The third kappa shape index (κ3) is 3.69. The van der Waals surface area contributed by atoms with Gasteiger partial charge >= 0.3 is 0 Å². The number of hydrogen-bond donors (Lipinski definition) is 3. The van der Waals surface area contributed by atoms with Crippen molar-refractivity contribution in [2.45, 2.75) is 32.3 Å². The summed E-state index contributed by atoms with van der Waals surface area (Å²) >= 11 is 6.51. The average Bonchev–Trinajstić information content (AvgIpc) is 3.29. The molecule has 0 fully saturated rings. The first kappa shape index (κ1) is 22.3. The fourth-order valence-electron chi connectivity index (χ4n) is 4.29. The Hall–Kier alpha value is -3.47. The highest BCUT2D eigenvalue weighted by molar-refractivity contribution is 6.30. The zero-order valence-corrected chi connectivity index (χ0v) is 19.4. The van der Waals surface area contributed by atoms with Gasteiger partial charge in [-0.25, -0.2) is 14.1 Å². The maximum atomic E-state index is 14.3. The lowest BCUT2D eigenvalue weighted by molar-refractivity contribution is -0.219. The molecule has 176 valence electrons. The molecule has 0 radical (unpaired) electrons. The van der Waals surface area contributed by atoms with Crippen LogP contribution in [0.4, 0.5) is 10.2 Å². The minimum absolute atomic E-state index is 0.0863. The van der Waals surface area contributed by atoms with Gasteiger partial charge in [0.2, 0.25) is 0 Å². The van der Waals surface area contributed by atoms with Crippen LogP contribution in [0.2, 0.25) is 5.15 Å². The monoisotopic (exact) mass is 484 g/mol. The van der Waals surface area contributed by atoms with E-state index < -0.39 is 17.8 Å². The summed E-state index contributed by atoms with van der Waals surface area (Å²) in [4.78, 5) is 4.23. The van der Waals surface area contributed by atoms with Gasteiger partial charge in [-0.05, 0) is 31.2 Å². The van der Waals surface area contributed by atoms with Crippen molar-refractivity contribution in [1.29, 1.82) is 0 Å². The van der Waals surface area contributed by atoms with E-state index in [0.717, 1.165) is 10.2 Å². The van der Waals surface area contributed by atoms with E-state index in [1.165, 1.54) is 25.3 Å². The van der Waals surface area contributed by atoms with Crippen molar-refractivity contribution in [2.75, 3.05) is 5.73 Å². The minimum atomic E-state index is -2.34. The van der Waals surface area contributed by atoms with Gasteiger partial charge in [0, 0.05) is 60.6 Å². The Morgan fingerprint density at radius 1 is 1.26 bits per heavy atom. The number of benzene rings is 1. The molecule has 0 amide bonds. The van der Waals surface area contributed by atoms with Crippen LogP contribution < -0.4 is 10.5 Å². The molecule has 1 atom stereocenters. The molecule has 34 heavy (non-hydrogen) atoms. The molecule has 4 aromatic rings. The minimum Gasteiger partial charge on any atom is -0.482 e. The van der Waals surface area contributed by atoms with Crippen molar-refractivity contribution in [3.8, 4) is 28.3 Å². The predicted octanol–water partition coefficient (Wildman–Crippen LogP) is 3.38. The summed E-state index contributed by atoms with van der Waals surface area (Å²) in [5, 5.41) is 29.7. The second kappa shape index (κ2) is 7.79. The number of anilines is 1. The Bertz CT molecular complexity index is 1430. The summed E-state index contributed by atoms with van der Waals surface area (Å²) in [6.45, 7) is 2.96.